The fourth-order valence-electron chi connectivity index (χ4n) is 4.91. The molecule has 0 amide bonds. The lowest BCUT2D eigenvalue weighted by atomic mass is 9.97. The highest BCUT2D eigenvalue weighted by Gasteiger charge is 2.44. The minimum atomic E-state index is -4.80. The van der Waals surface area contributed by atoms with Gasteiger partial charge in [-0.1, -0.05) is 6.07 Å². The van der Waals surface area contributed by atoms with Crippen molar-refractivity contribution in [3.05, 3.63) is 89.6 Å². The highest BCUT2D eigenvalue weighted by atomic mass is 32.2. The molecule has 5 rings (SSSR count). The molecule has 2 heterocycles. The first-order valence-corrected chi connectivity index (χ1v) is 15.5. The molecule has 0 fully saturated rings. The summed E-state index contributed by atoms with van der Waals surface area (Å²) < 4.78 is 144. The van der Waals surface area contributed by atoms with Crippen LogP contribution >= 0.6 is 0 Å². The van der Waals surface area contributed by atoms with E-state index in [4.69, 9.17) is 4.42 Å². The Kier molecular flexibility index (Phi) is 8.90. The van der Waals surface area contributed by atoms with Gasteiger partial charge in [-0.05, 0) is 66.6 Å². The van der Waals surface area contributed by atoms with E-state index in [0.29, 0.717) is 0 Å². The molecule has 0 spiro atoms. The van der Waals surface area contributed by atoms with E-state index in [-0.39, 0.29) is 51.1 Å². The molecule has 3 aromatic carbocycles. The van der Waals surface area contributed by atoms with Crippen LogP contribution in [0.25, 0.3) is 39.4 Å². The second-order valence-corrected chi connectivity index (χ2v) is 12.5. The van der Waals surface area contributed by atoms with Crippen molar-refractivity contribution in [2.45, 2.75) is 44.1 Å². The number of hydrogen-bond acceptors (Lipinski definition) is 7. The van der Waals surface area contributed by atoms with E-state index >= 15 is 4.39 Å². The Balaban J connectivity index is 1.73. The second-order valence-electron chi connectivity index (χ2n) is 10.5. The number of aliphatic hydroxyl groups excluding tert-OH is 1. The Morgan fingerprint density at radius 1 is 0.938 bits per heavy atom. The molecule has 1 N–H and O–H groups in total. The van der Waals surface area contributed by atoms with Gasteiger partial charge in [0.2, 0.25) is 0 Å². The third-order valence-electron chi connectivity index (χ3n) is 7.09. The van der Waals surface area contributed by atoms with Crippen LogP contribution in [0, 0.1) is 19.7 Å². The molecule has 0 aliphatic rings. The maximum atomic E-state index is 15.1. The Hall–Kier alpha value is -4.77. The minimum Gasteiger partial charge on any atom is -0.440 e. The topological polar surface area (TPSA) is 107 Å². The maximum absolute atomic E-state index is 15.1. The summed E-state index contributed by atoms with van der Waals surface area (Å²) in [6.07, 6.45) is -12.1. The number of aliphatic hydroxyl groups is 1. The molecule has 254 valence electrons. The molecular weight excluding hydrogens is 678 g/mol. The second kappa shape index (κ2) is 12.4. The van der Waals surface area contributed by atoms with Crippen LogP contribution in [0.4, 0.5) is 35.1 Å². The number of rotatable bonds is 9. The van der Waals surface area contributed by atoms with Crippen molar-refractivity contribution < 1.29 is 57.8 Å². The number of imidazole rings is 1. The summed E-state index contributed by atoms with van der Waals surface area (Å²) in [5, 5.41) is 9.61. The molecule has 17 heteroatoms. The largest absolute Gasteiger partial charge is 0.461 e. The summed E-state index contributed by atoms with van der Waals surface area (Å²) in [6, 6.07) is 10.6. The zero-order valence-electron chi connectivity index (χ0n) is 24.9. The van der Waals surface area contributed by atoms with Gasteiger partial charge in [0.05, 0.1) is 17.2 Å². The van der Waals surface area contributed by atoms with Crippen LogP contribution in [-0.2, 0) is 22.6 Å². The minimum absolute atomic E-state index is 0.00775. The van der Waals surface area contributed by atoms with E-state index in [1.165, 1.54) is 44.2 Å². The fraction of sp³-hybridized carbons (Fsp3) is 0.226. The number of alkyl halides is 7. The van der Waals surface area contributed by atoms with Crippen LogP contribution in [0.3, 0.4) is 0 Å². The van der Waals surface area contributed by atoms with Crippen molar-refractivity contribution in [2.75, 3.05) is 6.26 Å². The number of ether oxygens (including phenoxy) is 1. The molecule has 48 heavy (non-hydrogen) atoms. The van der Waals surface area contributed by atoms with Crippen LogP contribution < -0.4 is 4.74 Å². The molecule has 0 radical (unpaired) electrons. The van der Waals surface area contributed by atoms with Crippen LogP contribution in [0.15, 0.2) is 70.1 Å². The third-order valence-corrected chi connectivity index (χ3v) is 8.25. The molecule has 2 aromatic heterocycles. The van der Waals surface area contributed by atoms with Crippen LogP contribution in [0.2, 0.25) is 0 Å². The van der Waals surface area contributed by atoms with Gasteiger partial charge in [-0.3, -0.25) is 0 Å². The lowest BCUT2D eigenvalue weighted by Crippen LogP contribution is -2.33. The summed E-state index contributed by atoms with van der Waals surface area (Å²) in [4.78, 5) is 7.52. The SMILES string of the molecule is Cc1nc(-c2cc(-c3cc(F)c(CO)c(S(C)(=O)=O)c3)ccc2-n2cc(C(F)(F)F)nc2C)c(-c2ccc(OC(F)(F)C(F)F)cc2)o1. The molecule has 0 bridgehead atoms. The number of aromatic nitrogens is 3. The predicted molar refractivity (Wildman–Crippen MR) is 155 cm³/mol. The number of hydrogen-bond donors (Lipinski definition) is 1. The third kappa shape index (κ3) is 6.78. The molecule has 0 aliphatic heterocycles. The van der Waals surface area contributed by atoms with E-state index in [1.54, 1.807) is 0 Å². The number of halogens is 8. The van der Waals surface area contributed by atoms with Crippen LogP contribution in [0.5, 0.6) is 5.75 Å². The van der Waals surface area contributed by atoms with E-state index in [0.717, 1.165) is 41.3 Å². The molecular formula is C31H23F8N3O5S. The van der Waals surface area contributed by atoms with Gasteiger partial charge in [0.25, 0.3) is 0 Å². The zero-order chi connectivity index (χ0) is 35.3. The van der Waals surface area contributed by atoms with Gasteiger partial charge < -0.3 is 18.8 Å². The summed E-state index contributed by atoms with van der Waals surface area (Å²) in [5.41, 5.74) is -1.10. The van der Waals surface area contributed by atoms with Gasteiger partial charge in [0, 0.05) is 36.1 Å². The van der Waals surface area contributed by atoms with Crippen molar-refractivity contribution in [3.8, 4) is 45.1 Å². The summed E-state index contributed by atoms with van der Waals surface area (Å²) in [7, 11) is -4.03. The van der Waals surface area contributed by atoms with E-state index < -0.39 is 62.9 Å². The first kappa shape index (κ1) is 34.6. The number of oxazole rings is 1. The average molecular weight is 702 g/mol. The Morgan fingerprint density at radius 2 is 1.58 bits per heavy atom. The van der Waals surface area contributed by atoms with Crippen LogP contribution in [0.1, 0.15) is 23.0 Å². The fourth-order valence-corrected chi connectivity index (χ4v) is 5.86. The van der Waals surface area contributed by atoms with Crippen molar-refractivity contribution in [3.63, 3.8) is 0 Å². The molecule has 0 aliphatic carbocycles. The summed E-state index contributed by atoms with van der Waals surface area (Å²) in [5.74, 6) is -1.69. The Bertz CT molecular complexity index is 2110. The lowest BCUT2D eigenvalue weighted by Gasteiger charge is -2.17. The normalized spacial score (nSPS) is 12.6. The van der Waals surface area contributed by atoms with E-state index in [2.05, 4.69) is 14.7 Å². The first-order chi connectivity index (χ1) is 22.3. The van der Waals surface area contributed by atoms with Gasteiger partial charge >= 0.3 is 18.7 Å². The van der Waals surface area contributed by atoms with E-state index in [1.807, 2.05) is 0 Å². The van der Waals surface area contributed by atoms with Gasteiger partial charge in [-0.25, -0.2) is 22.8 Å². The van der Waals surface area contributed by atoms with Gasteiger partial charge in [-0.15, -0.1) is 0 Å². The van der Waals surface area contributed by atoms with Crippen molar-refractivity contribution in [1.82, 2.24) is 14.5 Å². The maximum Gasteiger partial charge on any atom is 0.461 e. The highest BCUT2D eigenvalue weighted by molar-refractivity contribution is 7.90. The quantitative estimate of drug-likeness (QED) is 0.157. The van der Waals surface area contributed by atoms with Gasteiger partial charge in [0.1, 0.15) is 23.1 Å². The zero-order valence-corrected chi connectivity index (χ0v) is 25.7. The number of sulfone groups is 1. The number of benzene rings is 3. The summed E-state index contributed by atoms with van der Waals surface area (Å²) >= 11 is 0. The highest BCUT2D eigenvalue weighted by Crippen LogP contribution is 2.41. The molecule has 0 saturated heterocycles. The molecule has 5 aromatic rings. The Labute approximate surface area is 267 Å². The lowest BCUT2D eigenvalue weighted by molar-refractivity contribution is -0.253. The number of nitrogens with zero attached hydrogens (tertiary/aromatic N) is 3. The predicted octanol–water partition coefficient (Wildman–Crippen LogP) is 7.77. The molecule has 0 saturated carbocycles. The Morgan fingerprint density at radius 3 is 2.15 bits per heavy atom. The van der Waals surface area contributed by atoms with Crippen molar-refractivity contribution in [2.24, 2.45) is 0 Å². The average Bonchev–Trinajstić information content (AvgIpc) is 3.58. The number of aryl methyl sites for hydroxylation is 2. The van der Waals surface area contributed by atoms with Gasteiger partial charge in [-0.2, -0.15) is 30.7 Å². The first-order valence-electron chi connectivity index (χ1n) is 13.6. The standard InChI is InChI=1S/C31H23F8N3O5S/c1-15-40-26(30(35,36)37)13-42(15)24-9-6-18(19-11-23(32)22(14-43)25(12-19)48(3,44)45)10-21(24)27-28(46-16(2)41-27)17-4-7-20(8-5-17)47-31(38,39)29(33)34/h4-13,29,43H,14H2,1-3H3. The van der Waals surface area contributed by atoms with Crippen LogP contribution in [-0.4, -0.2) is 46.8 Å². The smallest absolute Gasteiger partial charge is 0.440 e. The van der Waals surface area contributed by atoms with Gasteiger partial charge in [0.15, 0.2) is 27.2 Å². The van der Waals surface area contributed by atoms with E-state index in [9.17, 15) is 44.3 Å². The molecule has 0 unspecified atom stereocenters. The monoisotopic (exact) mass is 701 g/mol. The van der Waals surface area contributed by atoms with Crippen molar-refractivity contribution in [1.29, 1.82) is 0 Å². The molecule has 0 atom stereocenters. The molecule has 8 nitrogen and oxygen atoms in total. The summed E-state index contributed by atoms with van der Waals surface area (Å²) in [6.45, 7) is 1.85. The van der Waals surface area contributed by atoms with Crippen molar-refractivity contribution >= 4 is 9.84 Å².